The molecule has 130 valence electrons. The van der Waals surface area contributed by atoms with E-state index >= 15 is 0 Å². The number of rotatable bonds is 3. The fourth-order valence-electron chi connectivity index (χ4n) is 2.36. The molecule has 6 nitrogen and oxygen atoms in total. The molecule has 0 fully saturated rings. The van der Waals surface area contributed by atoms with E-state index in [2.05, 4.69) is 15.3 Å². The van der Waals surface area contributed by atoms with Gasteiger partial charge in [0, 0.05) is 5.02 Å². The van der Waals surface area contributed by atoms with Crippen LogP contribution in [0, 0.1) is 6.92 Å². The highest BCUT2D eigenvalue weighted by Crippen LogP contribution is 2.39. The van der Waals surface area contributed by atoms with Gasteiger partial charge in [-0.15, -0.1) is 10.2 Å². The Hall–Kier alpha value is -2.02. The summed E-state index contributed by atoms with van der Waals surface area (Å²) in [6.07, 6.45) is 4.01. The second-order valence-electron chi connectivity index (χ2n) is 5.40. The van der Waals surface area contributed by atoms with E-state index in [1.165, 1.54) is 22.9 Å². The average Bonchev–Trinajstić information content (AvgIpc) is 2.85. The Kier molecular flexibility index (Phi) is 5.03. The summed E-state index contributed by atoms with van der Waals surface area (Å²) in [5.74, 6) is -0.223. The van der Waals surface area contributed by atoms with Gasteiger partial charge in [0.05, 0.1) is 21.8 Å². The van der Waals surface area contributed by atoms with Crippen molar-refractivity contribution in [3.05, 3.63) is 51.1 Å². The smallest absolute Gasteiger partial charge is 0.238 e. The van der Waals surface area contributed by atoms with Gasteiger partial charge in [0.2, 0.25) is 5.88 Å². The van der Waals surface area contributed by atoms with Crippen LogP contribution < -0.4 is 0 Å². The van der Waals surface area contributed by atoms with Crippen LogP contribution in [0.3, 0.4) is 0 Å². The van der Waals surface area contributed by atoms with Gasteiger partial charge >= 0.3 is 0 Å². The van der Waals surface area contributed by atoms with E-state index in [-0.39, 0.29) is 29.0 Å². The summed E-state index contributed by atoms with van der Waals surface area (Å²) in [4.78, 5) is 0. The van der Waals surface area contributed by atoms with Crippen LogP contribution in [0.25, 0.3) is 0 Å². The van der Waals surface area contributed by atoms with Crippen molar-refractivity contribution in [2.45, 2.75) is 19.4 Å². The second-order valence-corrected chi connectivity index (χ2v) is 6.66. The maximum absolute atomic E-state index is 10.4. The molecule has 1 aromatic carbocycles. The van der Waals surface area contributed by atoms with E-state index in [9.17, 15) is 10.2 Å². The van der Waals surface area contributed by atoms with Crippen molar-refractivity contribution in [1.29, 1.82) is 0 Å². The minimum absolute atomic E-state index is 0.0699. The van der Waals surface area contributed by atoms with Crippen LogP contribution in [0.15, 0.2) is 50.6 Å². The SMILES string of the molecule is Cc1nn(C2C=C(Cl)C(Cl)=CC2)c(O)c1N=Nc1cc(Cl)ccc1O. The lowest BCUT2D eigenvalue weighted by Gasteiger charge is -2.17. The molecule has 25 heavy (non-hydrogen) atoms. The van der Waals surface area contributed by atoms with Gasteiger partial charge in [-0.05, 0) is 37.6 Å². The molecule has 1 aliphatic carbocycles. The Bertz CT molecular complexity index is 918. The molecule has 0 bridgehead atoms. The van der Waals surface area contributed by atoms with Crippen LogP contribution in [-0.2, 0) is 0 Å². The highest BCUT2D eigenvalue weighted by atomic mass is 35.5. The number of azo groups is 1. The predicted octanol–water partition coefficient (Wildman–Crippen LogP) is 5.86. The molecule has 0 radical (unpaired) electrons. The van der Waals surface area contributed by atoms with Crippen LogP contribution in [0.5, 0.6) is 11.6 Å². The highest BCUT2D eigenvalue weighted by Gasteiger charge is 2.22. The molecule has 1 aromatic heterocycles. The molecule has 0 spiro atoms. The monoisotopic (exact) mass is 398 g/mol. The largest absolute Gasteiger partial charge is 0.506 e. The van der Waals surface area contributed by atoms with Crippen LogP contribution >= 0.6 is 34.8 Å². The zero-order valence-electron chi connectivity index (χ0n) is 13.0. The van der Waals surface area contributed by atoms with Gasteiger partial charge < -0.3 is 10.2 Å². The first-order valence-corrected chi connectivity index (χ1v) is 8.42. The minimum Gasteiger partial charge on any atom is -0.506 e. The van der Waals surface area contributed by atoms with Crippen molar-refractivity contribution < 1.29 is 10.2 Å². The first-order valence-electron chi connectivity index (χ1n) is 7.28. The van der Waals surface area contributed by atoms with Gasteiger partial charge in [-0.1, -0.05) is 40.9 Å². The number of allylic oxidation sites excluding steroid dienone is 4. The number of benzene rings is 1. The quantitative estimate of drug-likeness (QED) is 0.634. The Morgan fingerprint density at radius 3 is 2.64 bits per heavy atom. The lowest BCUT2D eigenvalue weighted by molar-refractivity contribution is 0.381. The minimum atomic E-state index is -0.280. The van der Waals surface area contributed by atoms with E-state index < -0.39 is 0 Å². The molecule has 0 saturated carbocycles. The van der Waals surface area contributed by atoms with Crippen LogP contribution in [0.4, 0.5) is 11.4 Å². The van der Waals surface area contributed by atoms with E-state index in [1.807, 2.05) is 0 Å². The maximum Gasteiger partial charge on any atom is 0.238 e. The van der Waals surface area contributed by atoms with Gasteiger partial charge in [0.25, 0.3) is 0 Å². The van der Waals surface area contributed by atoms with Gasteiger partial charge in [-0.2, -0.15) is 5.10 Å². The van der Waals surface area contributed by atoms with Crippen molar-refractivity contribution in [2.24, 2.45) is 10.2 Å². The zero-order chi connectivity index (χ0) is 18.1. The third-order valence-electron chi connectivity index (χ3n) is 3.64. The first-order chi connectivity index (χ1) is 11.9. The van der Waals surface area contributed by atoms with E-state index in [4.69, 9.17) is 34.8 Å². The van der Waals surface area contributed by atoms with Gasteiger partial charge in [-0.25, -0.2) is 4.68 Å². The Balaban J connectivity index is 1.93. The Morgan fingerprint density at radius 2 is 1.92 bits per heavy atom. The van der Waals surface area contributed by atoms with Crippen molar-refractivity contribution >= 4 is 46.2 Å². The van der Waals surface area contributed by atoms with Crippen molar-refractivity contribution in [1.82, 2.24) is 9.78 Å². The normalized spacial score (nSPS) is 17.7. The number of hydrogen-bond acceptors (Lipinski definition) is 5. The van der Waals surface area contributed by atoms with Gasteiger partial charge in [-0.3, -0.25) is 0 Å². The third kappa shape index (κ3) is 3.66. The van der Waals surface area contributed by atoms with Gasteiger partial charge in [0.1, 0.15) is 11.4 Å². The van der Waals surface area contributed by atoms with Crippen molar-refractivity contribution in [2.75, 3.05) is 0 Å². The molecule has 2 aromatic rings. The second kappa shape index (κ2) is 7.07. The summed E-state index contributed by atoms with van der Waals surface area (Å²) in [6.45, 7) is 1.69. The summed E-state index contributed by atoms with van der Waals surface area (Å²) < 4.78 is 1.41. The third-order valence-corrected chi connectivity index (χ3v) is 4.66. The number of halogens is 3. The molecule has 0 aliphatic heterocycles. The maximum atomic E-state index is 10.4. The number of hydrogen-bond donors (Lipinski definition) is 2. The fraction of sp³-hybridized carbons (Fsp3) is 0.188. The molecule has 0 saturated heterocycles. The summed E-state index contributed by atoms with van der Waals surface area (Å²) in [6, 6.07) is 4.14. The van der Waals surface area contributed by atoms with Crippen molar-refractivity contribution in [3.8, 4) is 11.6 Å². The molecule has 1 unspecified atom stereocenters. The average molecular weight is 400 g/mol. The number of aromatic nitrogens is 2. The molecular formula is C16H13Cl3N4O2. The number of phenolic OH excluding ortho intramolecular Hbond substituents is 1. The molecule has 1 atom stereocenters. The van der Waals surface area contributed by atoms with E-state index in [0.717, 1.165) is 0 Å². The van der Waals surface area contributed by atoms with E-state index in [1.54, 1.807) is 19.1 Å². The predicted molar refractivity (Wildman–Crippen MR) is 97.4 cm³/mol. The molecular weight excluding hydrogens is 387 g/mol. The summed E-state index contributed by atoms with van der Waals surface area (Å²) in [5, 5.41) is 33.8. The summed E-state index contributed by atoms with van der Waals surface area (Å²) in [5.41, 5.74) is 0.867. The molecule has 1 heterocycles. The standard InChI is InChI=1S/C16H13Cl3N4O2/c1-8-15(21-20-13-6-9(17)2-5-14(13)24)16(25)23(22-8)10-3-4-11(18)12(19)7-10/h2,4-7,10,24-25H,3H2,1H3. The number of aryl methyl sites for hydroxylation is 1. The van der Waals surface area contributed by atoms with Crippen molar-refractivity contribution in [3.63, 3.8) is 0 Å². The molecule has 9 heteroatoms. The van der Waals surface area contributed by atoms with Crippen LogP contribution in [-0.4, -0.2) is 20.0 Å². The molecule has 2 N–H and O–H groups in total. The topological polar surface area (TPSA) is 83.0 Å². The Labute approximate surface area is 158 Å². The fourth-order valence-corrected chi connectivity index (χ4v) is 2.91. The van der Waals surface area contributed by atoms with Crippen LogP contribution in [0.2, 0.25) is 5.02 Å². The summed E-state index contributed by atoms with van der Waals surface area (Å²) in [7, 11) is 0. The lowest BCUT2D eigenvalue weighted by atomic mass is 10.1. The number of nitrogens with zero attached hydrogens (tertiary/aromatic N) is 4. The molecule has 1 aliphatic rings. The zero-order valence-corrected chi connectivity index (χ0v) is 15.3. The lowest BCUT2D eigenvalue weighted by Crippen LogP contribution is -2.10. The highest BCUT2D eigenvalue weighted by molar-refractivity contribution is 6.44. The summed E-state index contributed by atoms with van der Waals surface area (Å²) >= 11 is 17.9. The number of phenols is 1. The molecule has 3 rings (SSSR count). The van der Waals surface area contributed by atoms with E-state index in [0.29, 0.717) is 27.2 Å². The van der Waals surface area contributed by atoms with Crippen LogP contribution in [0.1, 0.15) is 18.2 Å². The Morgan fingerprint density at radius 1 is 1.16 bits per heavy atom. The van der Waals surface area contributed by atoms with Gasteiger partial charge in [0.15, 0.2) is 5.69 Å². The molecule has 0 amide bonds. The first kappa shape index (κ1) is 17.8. The number of aromatic hydroxyl groups is 2.